The molecule has 76 valence electrons. The van der Waals surface area contributed by atoms with Crippen LogP contribution in [0.1, 0.15) is 58.8 Å². The molecule has 0 aromatic heterocycles. The summed E-state index contributed by atoms with van der Waals surface area (Å²) < 4.78 is 0. The Labute approximate surface area is 84.2 Å². The van der Waals surface area contributed by atoms with Gasteiger partial charge >= 0.3 is 0 Å². The van der Waals surface area contributed by atoms with Crippen LogP contribution in [-0.4, -0.2) is 17.0 Å². The molecule has 0 nitrogen and oxygen atoms in total. The number of hydrogen-bond donors (Lipinski definition) is 0. The predicted molar refractivity (Wildman–Crippen MR) is 62.0 cm³/mol. The van der Waals surface area contributed by atoms with Gasteiger partial charge in [-0.15, -0.1) is 0 Å². The first kappa shape index (κ1) is 9.97. The largest absolute Gasteiger partial charge is 0.0971 e. The third-order valence-corrected chi connectivity index (χ3v) is 8.27. The van der Waals surface area contributed by atoms with Crippen LogP contribution >= 0.6 is 7.92 Å². The van der Waals surface area contributed by atoms with Crippen LogP contribution in [0.15, 0.2) is 0 Å². The van der Waals surface area contributed by atoms with Gasteiger partial charge in [-0.2, -0.15) is 0 Å². The molecule has 2 rings (SSSR count). The van der Waals surface area contributed by atoms with Crippen molar-refractivity contribution < 1.29 is 0 Å². The Kier molecular flexibility index (Phi) is 3.30. The van der Waals surface area contributed by atoms with Gasteiger partial charge in [0.25, 0.3) is 0 Å². The van der Waals surface area contributed by atoms with E-state index < -0.39 is 0 Å². The second kappa shape index (κ2) is 4.30. The van der Waals surface area contributed by atoms with Crippen molar-refractivity contribution in [2.75, 3.05) is 0 Å². The molecule has 1 saturated carbocycles. The predicted octanol–water partition coefficient (Wildman–Crippen LogP) is 4.37. The molecule has 0 aromatic rings. The van der Waals surface area contributed by atoms with E-state index in [9.17, 15) is 0 Å². The van der Waals surface area contributed by atoms with Gasteiger partial charge in [-0.05, 0) is 49.1 Å². The Bertz CT molecular complexity index is 151. The molecule has 2 aliphatic rings. The van der Waals surface area contributed by atoms with E-state index in [0.29, 0.717) is 7.92 Å². The Morgan fingerprint density at radius 3 is 2.00 bits per heavy atom. The Morgan fingerprint density at radius 1 is 1.00 bits per heavy atom. The third-order valence-electron chi connectivity index (χ3n) is 4.08. The van der Waals surface area contributed by atoms with Crippen LogP contribution in [0.5, 0.6) is 0 Å². The van der Waals surface area contributed by atoms with E-state index in [1.807, 2.05) is 0 Å². The summed E-state index contributed by atoms with van der Waals surface area (Å²) in [4.78, 5) is 0. The smallest absolute Gasteiger partial charge is 0.0201 e. The minimum absolute atomic E-state index is 0.474. The van der Waals surface area contributed by atoms with Gasteiger partial charge in [0.2, 0.25) is 0 Å². The average Bonchev–Trinajstić information content (AvgIpc) is 2.57. The monoisotopic (exact) mass is 198 g/mol. The second-order valence-electron chi connectivity index (χ2n) is 4.75. The molecule has 0 N–H and O–H groups in total. The maximum atomic E-state index is 2.40. The first-order chi connectivity index (χ1) is 6.36. The molecule has 0 radical (unpaired) electrons. The van der Waals surface area contributed by atoms with Crippen LogP contribution in [0.2, 0.25) is 0 Å². The molecule has 0 bridgehead atoms. The van der Waals surface area contributed by atoms with Crippen molar-refractivity contribution in [1.29, 1.82) is 0 Å². The normalized spacial score (nSPS) is 36.5. The highest BCUT2D eigenvalue weighted by Gasteiger charge is 2.42. The van der Waals surface area contributed by atoms with Crippen LogP contribution in [-0.2, 0) is 0 Å². The molecular weight excluding hydrogens is 175 g/mol. The fourth-order valence-electron chi connectivity index (χ4n) is 3.27. The van der Waals surface area contributed by atoms with Crippen molar-refractivity contribution in [3.05, 3.63) is 0 Å². The van der Waals surface area contributed by atoms with Crippen molar-refractivity contribution in [3.8, 4) is 0 Å². The zero-order chi connectivity index (χ0) is 9.26. The van der Waals surface area contributed by atoms with Gasteiger partial charge in [0.15, 0.2) is 0 Å². The average molecular weight is 198 g/mol. The molecule has 1 aliphatic carbocycles. The Morgan fingerprint density at radius 2 is 1.54 bits per heavy atom. The maximum Gasteiger partial charge on any atom is -0.0201 e. The van der Waals surface area contributed by atoms with Crippen molar-refractivity contribution >= 4 is 7.92 Å². The highest BCUT2D eigenvalue weighted by molar-refractivity contribution is 7.61. The van der Waals surface area contributed by atoms with Crippen LogP contribution in [0.25, 0.3) is 0 Å². The topological polar surface area (TPSA) is 0 Å². The Hall–Kier alpha value is 0.430. The van der Waals surface area contributed by atoms with Gasteiger partial charge < -0.3 is 0 Å². The molecule has 1 saturated heterocycles. The standard InChI is InChI=1S/C12H23P/c1-3-10-9-11(4-2)13(10)12-7-5-6-8-12/h10-12H,3-9H2,1-2H3/t10-,11-/m0/s1. The highest BCUT2D eigenvalue weighted by Crippen LogP contribution is 2.67. The summed E-state index contributed by atoms with van der Waals surface area (Å²) in [6, 6.07) is 0. The molecule has 0 spiro atoms. The van der Waals surface area contributed by atoms with Crippen LogP contribution in [0.3, 0.4) is 0 Å². The molecule has 1 heterocycles. The summed E-state index contributed by atoms with van der Waals surface area (Å²) >= 11 is 0. The van der Waals surface area contributed by atoms with Gasteiger partial charge in [0, 0.05) is 0 Å². The third kappa shape index (κ3) is 1.80. The van der Waals surface area contributed by atoms with Gasteiger partial charge in [0.1, 0.15) is 0 Å². The first-order valence-electron chi connectivity index (χ1n) is 6.14. The molecule has 2 fully saturated rings. The van der Waals surface area contributed by atoms with E-state index in [4.69, 9.17) is 0 Å². The van der Waals surface area contributed by atoms with E-state index in [-0.39, 0.29) is 0 Å². The van der Waals surface area contributed by atoms with Crippen LogP contribution in [0, 0.1) is 0 Å². The number of hydrogen-bond acceptors (Lipinski definition) is 0. The van der Waals surface area contributed by atoms with Gasteiger partial charge in [-0.25, -0.2) is 0 Å². The lowest BCUT2D eigenvalue weighted by atomic mass is 10.1. The van der Waals surface area contributed by atoms with E-state index in [0.717, 1.165) is 0 Å². The van der Waals surface area contributed by atoms with Crippen molar-refractivity contribution in [2.24, 2.45) is 0 Å². The summed E-state index contributed by atoms with van der Waals surface area (Å²) in [5.74, 6) is 0. The quantitative estimate of drug-likeness (QED) is 0.591. The molecule has 1 aliphatic heterocycles. The van der Waals surface area contributed by atoms with E-state index in [1.165, 1.54) is 42.7 Å². The lowest BCUT2D eigenvalue weighted by molar-refractivity contribution is 0.587. The van der Waals surface area contributed by atoms with Crippen molar-refractivity contribution in [1.82, 2.24) is 0 Å². The highest BCUT2D eigenvalue weighted by atomic mass is 31.1. The van der Waals surface area contributed by atoms with E-state index in [2.05, 4.69) is 13.8 Å². The first-order valence-corrected chi connectivity index (χ1v) is 7.69. The molecular formula is C12H23P. The van der Waals surface area contributed by atoms with E-state index >= 15 is 0 Å². The molecule has 0 amide bonds. The molecule has 2 atom stereocenters. The fraction of sp³-hybridized carbons (Fsp3) is 1.00. The molecule has 13 heavy (non-hydrogen) atoms. The fourth-order valence-corrected chi connectivity index (χ4v) is 7.47. The second-order valence-corrected chi connectivity index (χ2v) is 7.83. The summed E-state index contributed by atoms with van der Waals surface area (Å²) in [6.07, 6.45) is 10.8. The van der Waals surface area contributed by atoms with Gasteiger partial charge in [-0.3, -0.25) is 0 Å². The minimum atomic E-state index is 0.474. The Balaban J connectivity index is 1.92. The van der Waals surface area contributed by atoms with Gasteiger partial charge in [0.05, 0.1) is 0 Å². The van der Waals surface area contributed by atoms with Crippen LogP contribution < -0.4 is 0 Å². The summed E-state index contributed by atoms with van der Waals surface area (Å²) in [7, 11) is 0.474. The van der Waals surface area contributed by atoms with Crippen molar-refractivity contribution in [3.63, 3.8) is 0 Å². The zero-order valence-electron chi connectivity index (χ0n) is 9.13. The van der Waals surface area contributed by atoms with Gasteiger partial charge in [-0.1, -0.05) is 34.6 Å². The summed E-state index contributed by atoms with van der Waals surface area (Å²) in [5, 5.41) is 0. The lowest BCUT2D eigenvalue weighted by Crippen LogP contribution is -2.33. The van der Waals surface area contributed by atoms with Crippen molar-refractivity contribution in [2.45, 2.75) is 75.8 Å². The zero-order valence-corrected chi connectivity index (χ0v) is 10.0. The lowest BCUT2D eigenvalue weighted by Gasteiger charge is -2.48. The molecule has 1 heteroatoms. The van der Waals surface area contributed by atoms with E-state index in [1.54, 1.807) is 19.3 Å². The maximum absolute atomic E-state index is 2.40. The van der Waals surface area contributed by atoms with Crippen LogP contribution in [0.4, 0.5) is 0 Å². The molecule has 0 unspecified atom stereocenters. The summed E-state index contributed by atoms with van der Waals surface area (Å²) in [6.45, 7) is 4.81. The molecule has 0 aromatic carbocycles. The summed E-state index contributed by atoms with van der Waals surface area (Å²) in [5.41, 5.74) is 3.53. The SMILES string of the molecule is CC[C@H]1C[C@H](CC)P1C1CCCC1. The number of rotatable bonds is 3. The minimum Gasteiger partial charge on any atom is -0.0971 e.